The summed E-state index contributed by atoms with van der Waals surface area (Å²) in [6, 6.07) is 6.50. The third-order valence-corrected chi connectivity index (χ3v) is 9.02. The molecule has 5 nitrogen and oxygen atoms in total. The van der Waals surface area contributed by atoms with E-state index < -0.39 is 6.16 Å². The molecule has 0 amide bonds. The number of quaternary nitrogens is 1. The molecule has 32 heavy (non-hydrogen) atoms. The van der Waals surface area contributed by atoms with Gasteiger partial charge in [0.25, 0.3) is 0 Å². The van der Waals surface area contributed by atoms with E-state index in [2.05, 4.69) is 52.0 Å². The van der Waals surface area contributed by atoms with Gasteiger partial charge in [0.1, 0.15) is 11.9 Å². The van der Waals surface area contributed by atoms with Crippen LogP contribution in [0.3, 0.4) is 0 Å². The number of benzene rings is 1. The second kappa shape index (κ2) is 9.09. The van der Waals surface area contributed by atoms with Crippen LogP contribution in [0, 0.1) is 17.3 Å². The van der Waals surface area contributed by atoms with Crippen molar-refractivity contribution in [2.24, 2.45) is 17.3 Å². The number of ether oxygens (including phenoxy) is 3. The zero-order chi connectivity index (χ0) is 22.9. The molecule has 3 aliphatic rings. The lowest BCUT2D eigenvalue weighted by atomic mass is 9.60. The number of rotatable bonds is 7. The molecule has 0 spiro atoms. The van der Waals surface area contributed by atoms with Gasteiger partial charge in [0.2, 0.25) is 6.73 Å². The minimum atomic E-state index is -0.495. The quantitative estimate of drug-likeness (QED) is 0.303. The zero-order valence-corrected chi connectivity index (χ0v) is 20.5. The fraction of sp³-hybridized carbons (Fsp3) is 0.667. The van der Waals surface area contributed by atoms with Gasteiger partial charge < -0.3 is 14.2 Å². The molecule has 0 N–H and O–H groups in total. The number of hydrogen-bond donors (Lipinski definition) is 0. The van der Waals surface area contributed by atoms with Gasteiger partial charge in [-0.25, -0.2) is 4.79 Å². The predicted molar refractivity (Wildman–Crippen MR) is 126 cm³/mol. The SMILES string of the molecule is CC[N+](CC)(CC)COC(=O)O[C@H]1CC[C@H]2[C@@H]3CCc4cc(OC)ccc4C3=CC[C@]12C. The van der Waals surface area contributed by atoms with Crippen LogP contribution in [-0.2, 0) is 15.9 Å². The molecule has 1 fully saturated rings. The fourth-order valence-corrected chi connectivity index (χ4v) is 6.51. The Morgan fingerprint density at radius 2 is 1.88 bits per heavy atom. The summed E-state index contributed by atoms with van der Waals surface area (Å²) in [7, 11) is 1.73. The van der Waals surface area contributed by atoms with Crippen molar-refractivity contribution in [3.8, 4) is 5.75 Å². The number of allylic oxidation sites excluding steroid dienone is 2. The molecule has 5 heteroatoms. The van der Waals surface area contributed by atoms with Crippen LogP contribution in [-0.4, -0.2) is 50.2 Å². The fourth-order valence-electron chi connectivity index (χ4n) is 6.51. The van der Waals surface area contributed by atoms with Gasteiger partial charge in [-0.15, -0.1) is 0 Å². The van der Waals surface area contributed by atoms with Crippen molar-refractivity contribution >= 4 is 11.7 Å². The minimum Gasteiger partial charge on any atom is -0.497 e. The summed E-state index contributed by atoms with van der Waals surface area (Å²) >= 11 is 0. The summed E-state index contributed by atoms with van der Waals surface area (Å²) < 4.78 is 17.8. The maximum absolute atomic E-state index is 12.6. The van der Waals surface area contributed by atoms with Crippen molar-refractivity contribution in [2.45, 2.75) is 65.9 Å². The minimum absolute atomic E-state index is 0.0105. The number of methoxy groups -OCH3 is 1. The standard InChI is InChI=1S/C27H40NO4/c1-6-28(7-2,8-3)18-31-26(29)32-25-14-13-24-23-11-9-19-17-20(30-5)10-12-21(19)22(23)15-16-27(24,25)4/h10,12,15,17,23-25H,6-9,11,13-14,16,18H2,1-5H3/q+1/t23-,24+,25+,27+/m1/s1. The van der Waals surface area contributed by atoms with E-state index in [0.29, 0.717) is 18.6 Å². The number of hydrogen-bond acceptors (Lipinski definition) is 4. The van der Waals surface area contributed by atoms with Crippen LogP contribution < -0.4 is 4.74 Å². The lowest BCUT2D eigenvalue weighted by Crippen LogP contribution is -2.50. The highest BCUT2D eigenvalue weighted by atomic mass is 16.7. The molecule has 0 aromatic heterocycles. The highest BCUT2D eigenvalue weighted by Crippen LogP contribution is 2.59. The van der Waals surface area contributed by atoms with E-state index in [1.165, 1.54) is 16.7 Å². The molecular weight excluding hydrogens is 402 g/mol. The number of nitrogens with zero attached hydrogens (tertiary/aromatic N) is 1. The first-order valence-corrected chi connectivity index (χ1v) is 12.5. The van der Waals surface area contributed by atoms with Gasteiger partial charge in [-0.3, -0.25) is 4.48 Å². The Bertz CT molecular complexity index is 866. The van der Waals surface area contributed by atoms with Gasteiger partial charge in [-0.05, 0) is 93.5 Å². The number of fused-ring (bicyclic) bond motifs is 5. The molecule has 0 saturated heterocycles. The molecular formula is C27H40NO4+. The monoisotopic (exact) mass is 442 g/mol. The van der Waals surface area contributed by atoms with Crippen molar-refractivity contribution in [3.05, 3.63) is 35.4 Å². The molecule has 0 radical (unpaired) electrons. The predicted octanol–water partition coefficient (Wildman–Crippen LogP) is 5.82. The summed E-state index contributed by atoms with van der Waals surface area (Å²) in [4.78, 5) is 12.6. The Balaban J connectivity index is 1.46. The molecule has 4 rings (SSSR count). The summed E-state index contributed by atoms with van der Waals surface area (Å²) in [6.07, 6.45) is 7.09. The molecule has 0 heterocycles. The van der Waals surface area contributed by atoms with E-state index in [9.17, 15) is 4.79 Å². The van der Waals surface area contributed by atoms with E-state index in [1.54, 1.807) is 7.11 Å². The van der Waals surface area contributed by atoms with Gasteiger partial charge >= 0.3 is 6.16 Å². The molecule has 1 aromatic carbocycles. The third-order valence-electron chi connectivity index (χ3n) is 9.02. The Labute approximate surface area is 193 Å². The van der Waals surface area contributed by atoms with Gasteiger partial charge in [-0.1, -0.05) is 19.1 Å². The normalized spacial score (nSPS) is 28.8. The first-order chi connectivity index (χ1) is 15.4. The number of carbonyl (C=O) groups excluding carboxylic acids is 1. The van der Waals surface area contributed by atoms with Crippen molar-refractivity contribution in [3.63, 3.8) is 0 Å². The summed E-state index contributed by atoms with van der Waals surface area (Å²) in [5, 5.41) is 0. The van der Waals surface area contributed by atoms with Crippen molar-refractivity contribution in [2.75, 3.05) is 33.5 Å². The van der Waals surface area contributed by atoms with Gasteiger partial charge in [-0.2, -0.15) is 0 Å². The molecule has 1 aromatic rings. The highest BCUT2D eigenvalue weighted by molar-refractivity contribution is 5.74. The van der Waals surface area contributed by atoms with E-state index in [4.69, 9.17) is 14.2 Å². The molecule has 0 unspecified atom stereocenters. The van der Waals surface area contributed by atoms with Crippen LogP contribution in [0.1, 0.15) is 64.5 Å². The number of aryl methyl sites for hydroxylation is 1. The average Bonchev–Trinajstić information content (AvgIpc) is 3.15. The van der Waals surface area contributed by atoms with Gasteiger partial charge in [0, 0.05) is 5.41 Å². The van der Waals surface area contributed by atoms with Crippen LogP contribution >= 0.6 is 0 Å². The topological polar surface area (TPSA) is 44.8 Å². The van der Waals surface area contributed by atoms with Crippen molar-refractivity contribution in [1.82, 2.24) is 0 Å². The highest BCUT2D eigenvalue weighted by Gasteiger charge is 2.54. The third kappa shape index (κ3) is 3.93. The Kier molecular flexibility index (Phi) is 6.58. The maximum Gasteiger partial charge on any atom is 0.512 e. The second-order valence-electron chi connectivity index (χ2n) is 10.1. The molecule has 176 valence electrons. The van der Waals surface area contributed by atoms with Crippen LogP contribution in [0.15, 0.2) is 24.3 Å². The molecule has 1 saturated carbocycles. The van der Waals surface area contributed by atoms with E-state index >= 15 is 0 Å². The van der Waals surface area contributed by atoms with Crippen LogP contribution in [0.2, 0.25) is 0 Å². The second-order valence-corrected chi connectivity index (χ2v) is 10.1. The lowest BCUT2D eigenvalue weighted by molar-refractivity contribution is -0.939. The number of carbonyl (C=O) groups is 1. The summed E-state index contributed by atoms with van der Waals surface area (Å²) in [5.74, 6) is 2.03. The van der Waals surface area contributed by atoms with Crippen LogP contribution in [0.25, 0.3) is 5.57 Å². The first kappa shape index (κ1) is 23.2. The molecule has 3 aliphatic carbocycles. The van der Waals surface area contributed by atoms with E-state index in [0.717, 1.165) is 62.0 Å². The zero-order valence-electron chi connectivity index (χ0n) is 20.5. The smallest absolute Gasteiger partial charge is 0.497 e. The van der Waals surface area contributed by atoms with E-state index in [1.807, 2.05) is 0 Å². The summed E-state index contributed by atoms with van der Waals surface area (Å²) in [6.45, 7) is 12.0. The Morgan fingerprint density at radius 3 is 2.56 bits per heavy atom. The molecule has 0 aliphatic heterocycles. The Hall–Kier alpha value is -2.01. The lowest BCUT2D eigenvalue weighted by Gasteiger charge is -2.46. The molecule has 0 bridgehead atoms. The van der Waals surface area contributed by atoms with Crippen LogP contribution in [0.4, 0.5) is 4.79 Å². The Morgan fingerprint density at radius 1 is 1.12 bits per heavy atom. The maximum atomic E-state index is 12.6. The summed E-state index contributed by atoms with van der Waals surface area (Å²) in [5.41, 5.74) is 4.27. The van der Waals surface area contributed by atoms with E-state index in [-0.39, 0.29) is 11.5 Å². The average molecular weight is 443 g/mol. The van der Waals surface area contributed by atoms with Gasteiger partial charge in [0.15, 0.2) is 0 Å². The van der Waals surface area contributed by atoms with Gasteiger partial charge in [0.05, 0.1) is 26.7 Å². The van der Waals surface area contributed by atoms with Crippen molar-refractivity contribution in [1.29, 1.82) is 0 Å². The first-order valence-electron chi connectivity index (χ1n) is 12.5. The van der Waals surface area contributed by atoms with Crippen molar-refractivity contribution < 1.29 is 23.5 Å². The largest absolute Gasteiger partial charge is 0.512 e. The van der Waals surface area contributed by atoms with Crippen LogP contribution in [0.5, 0.6) is 5.75 Å². The molecule has 4 atom stereocenters.